The van der Waals surface area contributed by atoms with E-state index in [9.17, 15) is 0 Å². The van der Waals surface area contributed by atoms with Crippen molar-refractivity contribution in [3.8, 4) is 0 Å². The highest BCUT2D eigenvalue weighted by Crippen LogP contribution is 2.39. The lowest BCUT2D eigenvalue weighted by Crippen LogP contribution is -2.29. The van der Waals surface area contributed by atoms with Crippen LogP contribution in [-0.2, 0) is 12.8 Å². The minimum Gasteiger partial charge on any atom is -0.303 e. The summed E-state index contributed by atoms with van der Waals surface area (Å²) in [5.74, 6) is 0.731. The normalized spacial score (nSPS) is 24.2. The van der Waals surface area contributed by atoms with Gasteiger partial charge in [0.2, 0.25) is 0 Å². The molecule has 1 aliphatic carbocycles. The van der Waals surface area contributed by atoms with Gasteiger partial charge in [0.25, 0.3) is 0 Å². The van der Waals surface area contributed by atoms with Crippen LogP contribution >= 0.6 is 11.6 Å². The summed E-state index contributed by atoms with van der Waals surface area (Å²) in [6, 6.07) is 4.37. The Bertz CT molecular complexity index is 427. The fourth-order valence-electron chi connectivity index (χ4n) is 3.49. The van der Waals surface area contributed by atoms with Crippen molar-refractivity contribution in [1.82, 2.24) is 4.90 Å². The molecule has 2 aliphatic rings. The predicted molar refractivity (Wildman–Crippen MR) is 72.9 cm³/mol. The molecular weight excluding hydrogens is 230 g/mol. The van der Waals surface area contributed by atoms with Crippen LogP contribution in [0.2, 0.25) is 5.02 Å². The number of hydrogen-bond acceptors (Lipinski definition) is 1. The molecule has 0 saturated heterocycles. The molecule has 0 spiro atoms. The first kappa shape index (κ1) is 11.6. The molecule has 17 heavy (non-hydrogen) atoms. The number of benzene rings is 1. The van der Waals surface area contributed by atoms with Crippen LogP contribution in [0.15, 0.2) is 12.1 Å². The SMILES string of the molecule is CCN1CCc2c(Cl)ccc3c2[C@H](CCC3)C1. The van der Waals surface area contributed by atoms with Crippen LogP contribution in [0.3, 0.4) is 0 Å². The highest BCUT2D eigenvalue weighted by Gasteiger charge is 2.28. The van der Waals surface area contributed by atoms with Gasteiger partial charge in [0.05, 0.1) is 0 Å². The highest BCUT2D eigenvalue weighted by molar-refractivity contribution is 6.31. The van der Waals surface area contributed by atoms with E-state index in [0.717, 1.165) is 23.9 Å². The molecule has 0 fully saturated rings. The van der Waals surface area contributed by atoms with E-state index in [1.807, 2.05) is 0 Å². The number of nitrogens with zero attached hydrogens (tertiary/aromatic N) is 1. The largest absolute Gasteiger partial charge is 0.303 e. The smallest absolute Gasteiger partial charge is 0.0441 e. The Kier molecular flexibility index (Phi) is 3.14. The molecule has 0 saturated carbocycles. The van der Waals surface area contributed by atoms with Gasteiger partial charge in [0.1, 0.15) is 0 Å². The van der Waals surface area contributed by atoms with Crippen molar-refractivity contribution in [1.29, 1.82) is 0 Å². The van der Waals surface area contributed by atoms with Crippen LogP contribution in [-0.4, -0.2) is 24.5 Å². The summed E-state index contributed by atoms with van der Waals surface area (Å²) in [6.45, 7) is 5.83. The predicted octanol–water partition coefficient (Wildman–Crippen LogP) is 3.64. The van der Waals surface area contributed by atoms with Crippen LogP contribution in [0.5, 0.6) is 0 Å². The van der Waals surface area contributed by atoms with Crippen molar-refractivity contribution < 1.29 is 0 Å². The standard InChI is InChI=1S/C15H20ClN/c1-2-17-9-8-13-14(16)7-6-11-4-3-5-12(10-17)15(11)13/h6-7,12H,2-5,8-10H2,1H3/t12-/m1/s1. The molecule has 2 heteroatoms. The monoisotopic (exact) mass is 249 g/mol. The third-order valence-electron chi connectivity index (χ3n) is 4.40. The van der Waals surface area contributed by atoms with Crippen molar-refractivity contribution >= 4 is 11.6 Å². The molecule has 0 aromatic heterocycles. The van der Waals surface area contributed by atoms with Crippen LogP contribution in [0.1, 0.15) is 42.4 Å². The number of halogens is 1. The van der Waals surface area contributed by atoms with Gasteiger partial charge in [0, 0.05) is 18.1 Å². The summed E-state index contributed by atoms with van der Waals surface area (Å²) in [6.07, 6.45) is 5.07. The van der Waals surface area contributed by atoms with Crippen molar-refractivity contribution in [2.24, 2.45) is 0 Å². The third-order valence-corrected chi connectivity index (χ3v) is 4.76. The lowest BCUT2D eigenvalue weighted by atomic mass is 9.80. The topological polar surface area (TPSA) is 3.24 Å². The lowest BCUT2D eigenvalue weighted by Gasteiger charge is -2.29. The van der Waals surface area contributed by atoms with Crippen molar-refractivity contribution in [3.63, 3.8) is 0 Å². The molecule has 1 heterocycles. The Morgan fingerprint density at radius 1 is 1.35 bits per heavy atom. The van der Waals surface area contributed by atoms with E-state index in [0.29, 0.717) is 0 Å². The van der Waals surface area contributed by atoms with Gasteiger partial charge in [-0.15, -0.1) is 0 Å². The molecule has 92 valence electrons. The summed E-state index contributed by atoms with van der Waals surface area (Å²) < 4.78 is 0. The van der Waals surface area contributed by atoms with Crippen molar-refractivity contribution in [2.45, 2.75) is 38.5 Å². The van der Waals surface area contributed by atoms with Gasteiger partial charge < -0.3 is 4.90 Å². The minimum absolute atomic E-state index is 0.731. The van der Waals surface area contributed by atoms with E-state index in [1.54, 1.807) is 11.1 Å². The zero-order valence-electron chi connectivity index (χ0n) is 10.5. The van der Waals surface area contributed by atoms with Gasteiger partial charge in [-0.1, -0.05) is 24.6 Å². The first-order valence-electron chi connectivity index (χ1n) is 6.82. The quantitative estimate of drug-likeness (QED) is 0.735. The molecule has 1 aliphatic heterocycles. The maximum Gasteiger partial charge on any atom is 0.0441 e. The Hall–Kier alpha value is -0.530. The molecule has 3 rings (SSSR count). The summed E-state index contributed by atoms with van der Waals surface area (Å²) in [4.78, 5) is 2.58. The molecule has 0 unspecified atom stereocenters. The molecule has 1 nitrogen and oxygen atoms in total. The summed E-state index contributed by atoms with van der Waals surface area (Å²) in [5.41, 5.74) is 4.63. The van der Waals surface area contributed by atoms with E-state index in [2.05, 4.69) is 24.0 Å². The fraction of sp³-hybridized carbons (Fsp3) is 0.600. The van der Waals surface area contributed by atoms with Gasteiger partial charge in [-0.05, 0) is 60.9 Å². The lowest BCUT2D eigenvalue weighted by molar-refractivity contribution is 0.273. The Labute approximate surface area is 109 Å². The minimum atomic E-state index is 0.731. The summed E-state index contributed by atoms with van der Waals surface area (Å²) in [5, 5.41) is 0.994. The van der Waals surface area contributed by atoms with Gasteiger partial charge in [-0.2, -0.15) is 0 Å². The molecule has 1 aromatic carbocycles. The van der Waals surface area contributed by atoms with Crippen LogP contribution < -0.4 is 0 Å². The maximum absolute atomic E-state index is 6.41. The number of likely N-dealkylation sites (N-methyl/N-ethyl adjacent to an activating group) is 1. The van der Waals surface area contributed by atoms with E-state index in [4.69, 9.17) is 11.6 Å². The average Bonchev–Trinajstić information content (AvgIpc) is 2.55. The van der Waals surface area contributed by atoms with E-state index in [-0.39, 0.29) is 0 Å². The second kappa shape index (κ2) is 4.62. The molecule has 1 atom stereocenters. The second-order valence-electron chi connectivity index (χ2n) is 5.33. The zero-order chi connectivity index (χ0) is 11.8. The van der Waals surface area contributed by atoms with E-state index in [1.165, 1.54) is 37.9 Å². The molecule has 0 bridgehead atoms. The highest BCUT2D eigenvalue weighted by atomic mass is 35.5. The van der Waals surface area contributed by atoms with Gasteiger partial charge in [-0.25, -0.2) is 0 Å². The Balaban J connectivity index is 2.07. The zero-order valence-corrected chi connectivity index (χ0v) is 11.3. The van der Waals surface area contributed by atoms with Crippen LogP contribution in [0.25, 0.3) is 0 Å². The third kappa shape index (κ3) is 2.00. The first-order valence-corrected chi connectivity index (χ1v) is 7.20. The van der Waals surface area contributed by atoms with Crippen molar-refractivity contribution in [3.05, 3.63) is 33.8 Å². The van der Waals surface area contributed by atoms with Gasteiger partial charge in [0.15, 0.2) is 0 Å². The van der Waals surface area contributed by atoms with Crippen molar-refractivity contribution in [2.75, 3.05) is 19.6 Å². The number of rotatable bonds is 1. The Morgan fingerprint density at radius 3 is 3.06 bits per heavy atom. The second-order valence-corrected chi connectivity index (χ2v) is 5.74. The number of aryl methyl sites for hydroxylation is 1. The maximum atomic E-state index is 6.41. The first-order chi connectivity index (χ1) is 8.29. The molecule has 0 radical (unpaired) electrons. The van der Waals surface area contributed by atoms with Crippen LogP contribution in [0.4, 0.5) is 0 Å². The average molecular weight is 250 g/mol. The van der Waals surface area contributed by atoms with Crippen LogP contribution in [0, 0.1) is 0 Å². The summed E-state index contributed by atoms with van der Waals surface area (Å²) >= 11 is 6.41. The molecular formula is C15H20ClN. The van der Waals surface area contributed by atoms with Gasteiger partial charge >= 0.3 is 0 Å². The fourth-order valence-corrected chi connectivity index (χ4v) is 3.75. The summed E-state index contributed by atoms with van der Waals surface area (Å²) in [7, 11) is 0. The van der Waals surface area contributed by atoms with E-state index >= 15 is 0 Å². The number of hydrogen-bond donors (Lipinski definition) is 0. The molecule has 1 aromatic rings. The van der Waals surface area contributed by atoms with E-state index < -0.39 is 0 Å². The van der Waals surface area contributed by atoms with Gasteiger partial charge in [-0.3, -0.25) is 0 Å². The molecule has 0 N–H and O–H groups in total. The molecule has 0 amide bonds. The Morgan fingerprint density at radius 2 is 2.24 bits per heavy atom.